The van der Waals surface area contributed by atoms with Gasteiger partial charge >= 0.3 is 0 Å². The normalized spacial score (nSPS) is 10.2. The first-order valence-electron chi connectivity index (χ1n) is 6.39. The summed E-state index contributed by atoms with van der Waals surface area (Å²) >= 11 is 0. The zero-order valence-electron chi connectivity index (χ0n) is 11.6. The van der Waals surface area contributed by atoms with E-state index in [4.69, 9.17) is 5.26 Å². The molecule has 0 aliphatic rings. The van der Waals surface area contributed by atoms with Gasteiger partial charge in [-0.15, -0.1) is 0 Å². The van der Waals surface area contributed by atoms with Crippen LogP contribution in [0, 0.1) is 32.1 Å². The van der Waals surface area contributed by atoms with Crippen LogP contribution >= 0.6 is 0 Å². The third-order valence-electron chi connectivity index (χ3n) is 3.02. The zero-order valence-corrected chi connectivity index (χ0v) is 11.6. The summed E-state index contributed by atoms with van der Waals surface area (Å²) in [5.74, 6) is 0.747. The van der Waals surface area contributed by atoms with Gasteiger partial charge in [0.15, 0.2) is 0 Å². The molecule has 0 unspecified atom stereocenters. The molecular formula is C16H17N3. The lowest BCUT2D eigenvalue weighted by atomic mass is 10.0. The van der Waals surface area contributed by atoms with Gasteiger partial charge in [0.2, 0.25) is 0 Å². The second kappa shape index (κ2) is 5.62. The molecule has 96 valence electrons. The minimum absolute atomic E-state index is 0.454. The van der Waals surface area contributed by atoms with E-state index in [0.717, 1.165) is 22.8 Å². The average Bonchev–Trinajstić information content (AvgIpc) is 2.35. The van der Waals surface area contributed by atoms with Crippen LogP contribution in [0.3, 0.4) is 0 Å². The minimum atomic E-state index is 0.454. The highest BCUT2D eigenvalue weighted by atomic mass is 14.9. The Morgan fingerprint density at radius 1 is 1.11 bits per heavy atom. The molecule has 0 aliphatic carbocycles. The maximum atomic E-state index is 8.65. The Morgan fingerprint density at radius 2 is 1.89 bits per heavy atom. The van der Waals surface area contributed by atoms with Gasteiger partial charge in [0.05, 0.1) is 11.8 Å². The number of aromatic nitrogens is 2. The van der Waals surface area contributed by atoms with Gasteiger partial charge in [-0.1, -0.05) is 23.8 Å². The van der Waals surface area contributed by atoms with Gasteiger partial charge in [0.1, 0.15) is 5.82 Å². The van der Waals surface area contributed by atoms with Crippen LogP contribution < -0.4 is 0 Å². The number of nitrogens with zero attached hydrogens (tertiary/aromatic N) is 3. The molecule has 0 amide bonds. The van der Waals surface area contributed by atoms with Crippen LogP contribution in [-0.2, 0) is 6.42 Å². The van der Waals surface area contributed by atoms with Crippen molar-refractivity contribution in [1.82, 2.24) is 9.97 Å². The fourth-order valence-corrected chi connectivity index (χ4v) is 2.15. The maximum Gasteiger partial charge on any atom is 0.130 e. The molecule has 0 N–H and O–H groups in total. The number of aryl methyl sites for hydroxylation is 4. The predicted molar refractivity (Wildman–Crippen MR) is 75.6 cm³/mol. The monoisotopic (exact) mass is 251 g/mol. The van der Waals surface area contributed by atoms with Crippen LogP contribution in [0.15, 0.2) is 24.3 Å². The van der Waals surface area contributed by atoms with Crippen LogP contribution in [0.5, 0.6) is 0 Å². The van der Waals surface area contributed by atoms with Crippen molar-refractivity contribution in [3.63, 3.8) is 0 Å². The summed E-state index contributed by atoms with van der Waals surface area (Å²) in [6.45, 7) is 6.14. The van der Waals surface area contributed by atoms with Gasteiger partial charge in [0.25, 0.3) is 0 Å². The van der Waals surface area contributed by atoms with E-state index in [-0.39, 0.29) is 0 Å². The molecule has 0 saturated carbocycles. The molecule has 0 fully saturated rings. The molecule has 3 nitrogen and oxygen atoms in total. The molecule has 0 atom stereocenters. The summed E-state index contributed by atoms with van der Waals surface area (Å²) in [4.78, 5) is 8.95. The van der Waals surface area contributed by atoms with Crippen molar-refractivity contribution in [1.29, 1.82) is 5.26 Å². The predicted octanol–water partition coefficient (Wildman–Crippen LogP) is 3.53. The molecule has 0 spiro atoms. The number of rotatable bonds is 3. The lowest BCUT2D eigenvalue weighted by molar-refractivity contribution is 0.872. The molecule has 1 heterocycles. The first-order chi connectivity index (χ1) is 9.10. The second-order valence-electron chi connectivity index (χ2n) is 4.79. The third kappa shape index (κ3) is 3.17. The number of nitriles is 1. The molecule has 2 rings (SSSR count). The largest absolute Gasteiger partial charge is 0.238 e. The molecule has 3 heteroatoms. The van der Waals surface area contributed by atoms with E-state index in [2.05, 4.69) is 48.1 Å². The Hall–Kier alpha value is -2.21. The Labute approximate surface area is 114 Å². The Kier molecular flexibility index (Phi) is 3.91. The number of benzene rings is 1. The molecule has 1 aromatic heterocycles. The quantitative estimate of drug-likeness (QED) is 0.838. The summed E-state index contributed by atoms with van der Waals surface area (Å²) in [5.41, 5.74) is 5.48. The highest BCUT2D eigenvalue weighted by molar-refractivity contribution is 5.64. The highest BCUT2D eigenvalue weighted by Gasteiger charge is 2.07. The van der Waals surface area contributed by atoms with Crippen molar-refractivity contribution < 1.29 is 0 Å². The summed E-state index contributed by atoms with van der Waals surface area (Å²) < 4.78 is 0. The van der Waals surface area contributed by atoms with E-state index in [0.29, 0.717) is 12.8 Å². The fourth-order valence-electron chi connectivity index (χ4n) is 2.15. The SMILES string of the molecule is Cc1ccc(-c2cc(C)nc(CCC#N)n2)c(C)c1. The first-order valence-corrected chi connectivity index (χ1v) is 6.39. The topological polar surface area (TPSA) is 49.6 Å². The van der Waals surface area contributed by atoms with Crippen molar-refractivity contribution in [2.45, 2.75) is 33.6 Å². The van der Waals surface area contributed by atoms with Crippen LogP contribution in [0.4, 0.5) is 0 Å². The molecule has 0 saturated heterocycles. The summed E-state index contributed by atoms with van der Waals surface area (Å²) in [7, 11) is 0. The Morgan fingerprint density at radius 3 is 2.58 bits per heavy atom. The van der Waals surface area contributed by atoms with Crippen molar-refractivity contribution in [3.8, 4) is 17.3 Å². The van der Waals surface area contributed by atoms with E-state index < -0.39 is 0 Å². The van der Waals surface area contributed by atoms with Gasteiger partial charge in [-0.05, 0) is 32.4 Å². The lowest BCUT2D eigenvalue weighted by Crippen LogP contribution is -2.00. The van der Waals surface area contributed by atoms with Crippen LogP contribution in [-0.4, -0.2) is 9.97 Å². The van der Waals surface area contributed by atoms with Crippen molar-refractivity contribution >= 4 is 0 Å². The van der Waals surface area contributed by atoms with Gasteiger partial charge in [-0.2, -0.15) is 5.26 Å². The summed E-state index contributed by atoms with van der Waals surface area (Å²) in [6.07, 6.45) is 1.06. The van der Waals surface area contributed by atoms with Gasteiger partial charge < -0.3 is 0 Å². The molecular weight excluding hydrogens is 234 g/mol. The summed E-state index contributed by atoms with van der Waals surface area (Å²) in [6, 6.07) is 10.5. The maximum absolute atomic E-state index is 8.65. The average molecular weight is 251 g/mol. The van der Waals surface area contributed by atoms with Crippen molar-refractivity contribution in [2.24, 2.45) is 0 Å². The van der Waals surface area contributed by atoms with Crippen molar-refractivity contribution in [3.05, 3.63) is 46.9 Å². The van der Waals surface area contributed by atoms with E-state index in [9.17, 15) is 0 Å². The first kappa shape index (κ1) is 13.2. The van der Waals surface area contributed by atoms with E-state index in [1.807, 2.05) is 13.0 Å². The molecule has 19 heavy (non-hydrogen) atoms. The second-order valence-corrected chi connectivity index (χ2v) is 4.79. The Bertz CT molecular complexity index is 639. The molecule has 0 radical (unpaired) electrons. The molecule has 0 bridgehead atoms. The van der Waals surface area contributed by atoms with E-state index in [1.165, 1.54) is 11.1 Å². The smallest absolute Gasteiger partial charge is 0.130 e. The van der Waals surface area contributed by atoms with E-state index >= 15 is 0 Å². The van der Waals surface area contributed by atoms with Gasteiger partial charge in [0, 0.05) is 24.1 Å². The van der Waals surface area contributed by atoms with Crippen LogP contribution in [0.2, 0.25) is 0 Å². The molecule has 2 aromatic rings. The zero-order chi connectivity index (χ0) is 13.8. The van der Waals surface area contributed by atoms with Gasteiger partial charge in [-0.3, -0.25) is 0 Å². The van der Waals surface area contributed by atoms with Crippen LogP contribution in [0.1, 0.15) is 29.1 Å². The van der Waals surface area contributed by atoms with Crippen molar-refractivity contribution in [2.75, 3.05) is 0 Å². The molecule has 0 aliphatic heterocycles. The Balaban J connectivity index is 2.44. The highest BCUT2D eigenvalue weighted by Crippen LogP contribution is 2.23. The van der Waals surface area contributed by atoms with E-state index in [1.54, 1.807) is 0 Å². The third-order valence-corrected chi connectivity index (χ3v) is 3.02. The number of hydrogen-bond acceptors (Lipinski definition) is 3. The molecule has 1 aromatic carbocycles. The fraction of sp³-hybridized carbons (Fsp3) is 0.312. The van der Waals surface area contributed by atoms with Crippen LogP contribution in [0.25, 0.3) is 11.3 Å². The summed E-state index contributed by atoms with van der Waals surface area (Å²) in [5, 5.41) is 8.65. The van der Waals surface area contributed by atoms with Gasteiger partial charge in [-0.25, -0.2) is 9.97 Å². The number of hydrogen-bond donors (Lipinski definition) is 0. The standard InChI is InChI=1S/C16H17N3/c1-11-6-7-14(12(2)9-11)15-10-13(3)18-16(19-15)5-4-8-17/h6-7,9-10H,4-5H2,1-3H3. The lowest BCUT2D eigenvalue weighted by Gasteiger charge is -2.08. The minimum Gasteiger partial charge on any atom is -0.238 e.